The van der Waals surface area contributed by atoms with Crippen molar-refractivity contribution < 1.29 is 13.2 Å². The molecule has 2 aromatic carbocycles. The number of sulfonamides is 1. The molecule has 2 aromatic rings. The maximum Gasteiger partial charge on any atom is 0.251 e. The second-order valence-corrected chi connectivity index (χ2v) is 6.83. The first-order valence-electron chi connectivity index (χ1n) is 7.54. The van der Waals surface area contributed by atoms with Crippen LogP contribution in [0.2, 0.25) is 0 Å². The Morgan fingerprint density at radius 1 is 1.08 bits per heavy atom. The van der Waals surface area contributed by atoms with Gasteiger partial charge in [0.15, 0.2) is 0 Å². The lowest BCUT2D eigenvalue weighted by Gasteiger charge is -2.05. The normalized spacial score (nSPS) is 11.5. The maximum absolute atomic E-state index is 12.0. The van der Waals surface area contributed by atoms with Gasteiger partial charge in [-0.1, -0.05) is 42.5 Å². The highest BCUT2D eigenvalue weighted by Gasteiger charge is 2.06. The topological polar surface area (TPSA) is 75.3 Å². The molecule has 2 rings (SSSR count). The van der Waals surface area contributed by atoms with Crippen LogP contribution in [0.25, 0.3) is 6.08 Å². The highest BCUT2D eigenvalue weighted by molar-refractivity contribution is 7.92. The lowest BCUT2D eigenvalue weighted by molar-refractivity contribution is 0.0963. The zero-order valence-electron chi connectivity index (χ0n) is 13.4. The number of nitrogens with one attached hydrogen (secondary N) is 2. The standard InChI is InChI=1S/C18H20N2O3S/c1-19-18(21)17-9-5-8-16(14-17)10-12-20-24(22,23)13-11-15-6-3-2-4-7-15/h2-9,11,13-14,20H,10,12H2,1H3,(H,19,21). The molecule has 126 valence electrons. The minimum absolute atomic E-state index is 0.164. The molecule has 2 N–H and O–H groups in total. The van der Waals surface area contributed by atoms with E-state index < -0.39 is 10.0 Å². The zero-order chi connectivity index (χ0) is 17.4. The van der Waals surface area contributed by atoms with Gasteiger partial charge in [0, 0.05) is 24.6 Å². The SMILES string of the molecule is CNC(=O)c1cccc(CCNS(=O)(=O)C=Cc2ccccc2)c1. The molecular weight excluding hydrogens is 324 g/mol. The summed E-state index contributed by atoms with van der Waals surface area (Å²) < 4.78 is 26.4. The molecule has 0 fully saturated rings. The molecule has 0 saturated carbocycles. The fourth-order valence-electron chi connectivity index (χ4n) is 2.13. The van der Waals surface area contributed by atoms with Gasteiger partial charge in [-0.3, -0.25) is 4.79 Å². The number of hydrogen-bond donors (Lipinski definition) is 2. The molecule has 0 saturated heterocycles. The van der Waals surface area contributed by atoms with Crippen LogP contribution in [0.5, 0.6) is 0 Å². The summed E-state index contributed by atoms with van der Waals surface area (Å²) in [5.74, 6) is -0.164. The van der Waals surface area contributed by atoms with E-state index in [1.807, 2.05) is 36.4 Å². The molecule has 5 nitrogen and oxygen atoms in total. The van der Waals surface area contributed by atoms with Crippen LogP contribution < -0.4 is 10.0 Å². The quantitative estimate of drug-likeness (QED) is 0.808. The Balaban J connectivity index is 1.91. The highest BCUT2D eigenvalue weighted by Crippen LogP contribution is 2.06. The number of amides is 1. The third kappa shape index (κ3) is 5.64. The van der Waals surface area contributed by atoms with Gasteiger partial charge in [-0.25, -0.2) is 13.1 Å². The first kappa shape index (κ1) is 17.9. The van der Waals surface area contributed by atoms with E-state index in [2.05, 4.69) is 10.0 Å². The van der Waals surface area contributed by atoms with E-state index in [0.29, 0.717) is 12.0 Å². The highest BCUT2D eigenvalue weighted by atomic mass is 32.2. The van der Waals surface area contributed by atoms with Crippen LogP contribution >= 0.6 is 0 Å². The molecule has 0 aliphatic rings. The van der Waals surface area contributed by atoms with Crippen molar-refractivity contribution in [1.29, 1.82) is 0 Å². The van der Waals surface area contributed by atoms with Gasteiger partial charge >= 0.3 is 0 Å². The Bertz CT molecular complexity index is 815. The molecule has 0 aliphatic heterocycles. The maximum atomic E-state index is 12.0. The molecule has 0 radical (unpaired) electrons. The molecule has 24 heavy (non-hydrogen) atoms. The van der Waals surface area contributed by atoms with Crippen LogP contribution in [-0.2, 0) is 16.4 Å². The summed E-state index contributed by atoms with van der Waals surface area (Å²) in [7, 11) is -1.92. The van der Waals surface area contributed by atoms with Gasteiger partial charge in [0.2, 0.25) is 10.0 Å². The monoisotopic (exact) mass is 344 g/mol. The summed E-state index contributed by atoms with van der Waals surface area (Å²) in [6.07, 6.45) is 2.05. The predicted octanol–water partition coefficient (Wildman–Crippen LogP) is 2.18. The number of carbonyl (C=O) groups is 1. The molecule has 6 heteroatoms. The Morgan fingerprint density at radius 2 is 1.83 bits per heavy atom. The van der Waals surface area contributed by atoms with E-state index in [4.69, 9.17) is 0 Å². The summed E-state index contributed by atoms with van der Waals surface area (Å²) >= 11 is 0. The lowest BCUT2D eigenvalue weighted by Crippen LogP contribution is -2.24. The third-order valence-corrected chi connectivity index (χ3v) is 4.47. The summed E-state index contributed by atoms with van der Waals surface area (Å²) in [4.78, 5) is 11.6. The average Bonchev–Trinajstić information content (AvgIpc) is 2.60. The van der Waals surface area contributed by atoms with Crippen molar-refractivity contribution in [1.82, 2.24) is 10.0 Å². The zero-order valence-corrected chi connectivity index (χ0v) is 14.2. The molecular formula is C18H20N2O3S. The second-order valence-electron chi connectivity index (χ2n) is 5.18. The predicted molar refractivity (Wildman–Crippen MR) is 95.9 cm³/mol. The minimum Gasteiger partial charge on any atom is -0.355 e. The van der Waals surface area contributed by atoms with Crippen molar-refractivity contribution in [3.8, 4) is 0 Å². The van der Waals surface area contributed by atoms with Crippen LogP contribution in [0.1, 0.15) is 21.5 Å². The summed E-state index contributed by atoms with van der Waals surface area (Å²) in [6, 6.07) is 16.3. The molecule has 0 spiro atoms. The van der Waals surface area contributed by atoms with Crippen molar-refractivity contribution in [3.63, 3.8) is 0 Å². The van der Waals surface area contributed by atoms with E-state index in [-0.39, 0.29) is 12.5 Å². The largest absolute Gasteiger partial charge is 0.355 e. The number of rotatable bonds is 7. The molecule has 0 heterocycles. The Labute approximate surface area is 142 Å². The van der Waals surface area contributed by atoms with Crippen LogP contribution in [0.3, 0.4) is 0 Å². The van der Waals surface area contributed by atoms with Crippen LogP contribution in [0, 0.1) is 0 Å². The number of carbonyl (C=O) groups excluding carboxylic acids is 1. The summed E-state index contributed by atoms with van der Waals surface area (Å²) in [5.41, 5.74) is 2.27. The van der Waals surface area contributed by atoms with E-state index in [1.165, 1.54) is 0 Å². The van der Waals surface area contributed by atoms with Crippen LogP contribution in [0.4, 0.5) is 0 Å². The summed E-state index contributed by atoms with van der Waals surface area (Å²) in [6.45, 7) is 0.263. The molecule has 0 bridgehead atoms. The fourth-order valence-corrected chi connectivity index (χ4v) is 2.95. The number of hydrogen-bond acceptors (Lipinski definition) is 3. The molecule has 1 amide bonds. The van der Waals surface area contributed by atoms with E-state index in [9.17, 15) is 13.2 Å². The fraction of sp³-hybridized carbons (Fsp3) is 0.167. The van der Waals surface area contributed by atoms with Crippen LogP contribution in [-0.4, -0.2) is 27.9 Å². The molecule has 0 aromatic heterocycles. The smallest absolute Gasteiger partial charge is 0.251 e. The van der Waals surface area contributed by atoms with Gasteiger partial charge in [0.05, 0.1) is 0 Å². The van der Waals surface area contributed by atoms with Crippen molar-refractivity contribution in [2.45, 2.75) is 6.42 Å². The van der Waals surface area contributed by atoms with Crippen molar-refractivity contribution in [2.75, 3.05) is 13.6 Å². The molecule has 0 atom stereocenters. The lowest BCUT2D eigenvalue weighted by atomic mass is 10.1. The van der Waals surface area contributed by atoms with Gasteiger partial charge < -0.3 is 5.32 Å². The van der Waals surface area contributed by atoms with Crippen molar-refractivity contribution in [2.24, 2.45) is 0 Å². The molecule has 0 unspecified atom stereocenters. The van der Waals surface area contributed by atoms with Gasteiger partial charge in [-0.05, 0) is 35.8 Å². The van der Waals surface area contributed by atoms with E-state index >= 15 is 0 Å². The minimum atomic E-state index is -3.49. The van der Waals surface area contributed by atoms with E-state index in [1.54, 1.807) is 31.3 Å². The molecule has 0 aliphatic carbocycles. The average molecular weight is 344 g/mol. The van der Waals surface area contributed by atoms with Gasteiger partial charge in [0.25, 0.3) is 5.91 Å². The number of benzene rings is 2. The van der Waals surface area contributed by atoms with Gasteiger partial charge in [-0.15, -0.1) is 0 Å². The Hall–Kier alpha value is -2.44. The van der Waals surface area contributed by atoms with Gasteiger partial charge in [0.1, 0.15) is 0 Å². The van der Waals surface area contributed by atoms with Crippen molar-refractivity contribution >= 4 is 22.0 Å². The Kier molecular flexibility index (Phi) is 6.28. The summed E-state index contributed by atoms with van der Waals surface area (Å²) in [5, 5.41) is 3.72. The first-order chi connectivity index (χ1) is 11.5. The third-order valence-electron chi connectivity index (χ3n) is 3.37. The first-order valence-corrected chi connectivity index (χ1v) is 9.08. The van der Waals surface area contributed by atoms with E-state index in [0.717, 1.165) is 16.5 Å². The Morgan fingerprint density at radius 3 is 2.54 bits per heavy atom. The van der Waals surface area contributed by atoms with Gasteiger partial charge in [-0.2, -0.15) is 0 Å². The van der Waals surface area contributed by atoms with Crippen molar-refractivity contribution in [3.05, 3.63) is 76.7 Å². The van der Waals surface area contributed by atoms with Crippen LogP contribution in [0.15, 0.2) is 60.0 Å². The second kappa shape index (κ2) is 8.42.